The molecular formula is C17H27BrN2. The van der Waals surface area contributed by atoms with Crippen molar-refractivity contribution >= 4 is 15.9 Å². The van der Waals surface area contributed by atoms with Crippen LogP contribution >= 0.6 is 15.9 Å². The highest BCUT2D eigenvalue weighted by atomic mass is 79.9. The molecule has 1 aromatic carbocycles. The molecule has 1 aliphatic rings. The minimum absolute atomic E-state index is 0.305. The van der Waals surface area contributed by atoms with Gasteiger partial charge in [-0.15, -0.1) is 0 Å². The molecule has 1 aliphatic heterocycles. The van der Waals surface area contributed by atoms with E-state index < -0.39 is 0 Å². The Hall–Kier alpha value is -0.380. The molecule has 0 bridgehead atoms. The van der Waals surface area contributed by atoms with Crippen molar-refractivity contribution in [3.8, 4) is 0 Å². The van der Waals surface area contributed by atoms with Crippen molar-refractivity contribution in [1.82, 2.24) is 10.2 Å². The lowest BCUT2D eigenvalue weighted by Gasteiger charge is -2.36. The maximum atomic E-state index is 3.72. The van der Waals surface area contributed by atoms with E-state index in [4.69, 9.17) is 0 Å². The molecule has 1 saturated heterocycles. The lowest BCUT2D eigenvalue weighted by Crippen LogP contribution is -2.46. The van der Waals surface area contributed by atoms with E-state index in [1.807, 2.05) is 0 Å². The Bertz CT molecular complexity index is 439. The van der Waals surface area contributed by atoms with E-state index in [-0.39, 0.29) is 0 Å². The largest absolute Gasteiger partial charge is 0.312 e. The fourth-order valence-electron chi connectivity index (χ4n) is 2.86. The Balaban J connectivity index is 2.13. The average molecular weight is 339 g/mol. The van der Waals surface area contributed by atoms with Gasteiger partial charge in [0.25, 0.3) is 0 Å². The Labute approximate surface area is 132 Å². The van der Waals surface area contributed by atoms with Gasteiger partial charge in [-0.25, -0.2) is 0 Å². The van der Waals surface area contributed by atoms with Crippen LogP contribution in [0.25, 0.3) is 0 Å². The monoisotopic (exact) mass is 338 g/mol. The fourth-order valence-corrected chi connectivity index (χ4v) is 3.27. The van der Waals surface area contributed by atoms with E-state index in [2.05, 4.69) is 78.1 Å². The SMILES string of the molecule is CC(c1cccc(Br)c1)N1CCCNC(C(C)(C)C)C1. The van der Waals surface area contributed by atoms with Crippen LogP contribution in [0, 0.1) is 5.41 Å². The maximum absolute atomic E-state index is 3.72. The Kier molecular flexibility index (Phi) is 5.27. The van der Waals surface area contributed by atoms with Crippen molar-refractivity contribution in [2.24, 2.45) is 5.41 Å². The first-order valence-corrected chi connectivity index (χ1v) is 8.40. The Morgan fingerprint density at radius 2 is 2.10 bits per heavy atom. The third-order valence-electron chi connectivity index (χ3n) is 4.35. The average Bonchev–Trinajstić information content (AvgIpc) is 2.63. The fraction of sp³-hybridized carbons (Fsp3) is 0.647. The smallest absolute Gasteiger partial charge is 0.0320 e. The van der Waals surface area contributed by atoms with E-state index in [1.54, 1.807) is 0 Å². The van der Waals surface area contributed by atoms with Crippen LogP contribution in [0.15, 0.2) is 28.7 Å². The predicted molar refractivity (Wildman–Crippen MR) is 90.0 cm³/mol. The van der Waals surface area contributed by atoms with E-state index in [9.17, 15) is 0 Å². The van der Waals surface area contributed by atoms with Gasteiger partial charge < -0.3 is 5.32 Å². The summed E-state index contributed by atoms with van der Waals surface area (Å²) in [5.41, 5.74) is 1.70. The van der Waals surface area contributed by atoms with Crippen molar-refractivity contribution in [2.45, 2.75) is 46.2 Å². The molecule has 1 fully saturated rings. The standard InChI is InChI=1S/C17H27BrN2/c1-13(14-7-5-8-15(18)11-14)20-10-6-9-19-16(12-20)17(2,3)4/h5,7-8,11,13,16,19H,6,9-10,12H2,1-4H3. The van der Waals surface area contributed by atoms with Gasteiger partial charge in [-0.1, -0.05) is 48.8 Å². The predicted octanol–water partition coefficient (Wildman–Crippen LogP) is 4.22. The number of hydrogen-bond donors (Lipinski definition) is 1. The summed E-state index contributed by atoms with van der Waals surface area (Å²) in [7, 11) is 0. The van der Waals surface area contributed by atoms with Gasteiger partial charge in [0.15, 0.2) is 0 Å². The van der Waals surface area contributed by atoms with Crippen LogP contribution in [0.1, 0.15) is 45.7 Å². The van der Waals surface area contributed by atoms with Gasteiger partial charge in [0.2, 0.25) is 0 Å². The van der Waals surface area contributed by atoms with Crippen molar-refractivity contribution in [1.29, 1.82) is 0 Å². The minimum atomic E-state index is 0.305. The third kappa shape index (κ3) is 4.06. The summed E-state index contributed by atoms with van der Waals surface area (Å²) in [5, 5.41) is 3.72. The summed E-state index contributed by atoms with van der Waals surface area (Å²) >= 11 is 3.58. The summed E-state index contributed by atoms with van der Waals surface area (Å²) in [6, 6.07) is 9.73. The summed E-state index contributed by atoms with van der Waals surface area (Å²) in [4.78, 5) is 2.62. The molecule has 112 valence electrons. The molecule has 0 aliphatic carbocycles. The number of halogens is 1. The second-order valence-corrected chi connectivity index (χ2v) is 7.87. The van der Waals surface area contributed by atoms with Crippen LogP contribution in [0.2, 0.25) is 0 Å². The van der Waals surface area contributed by atoms with E-state index in [0.29, 0.717) is 17.5 Å². The van der Waals surface area contributed by atoms with Crippen LogP contribution in [0.4, 0.5) is 0 Å². The van der Waals surface area contributed by atoms with Crippen molar-refractivity contribution in [2.75, 3.05) is 19.6 Å². The number of nitrogens with one attached hydrogen (secondary N) is 1. The van der Waals surface area contributed by atoms with Gasteiger partial charge in [0, 0.05) is 29.6 Å². The van der Waals surface area contributed by atoms with Gasteiger partial charge in [-0.05, 0) is 43.0 Å². The lowest BCUT2D eigenvalue weighted by atomic mass is 9.86. The molecular weight excluding hydrogens is 312 g/mol. The second kappa shape index (κ2) is 6.59. The van der Waals surface area contributed by atoms with Crippen LogP contribution < -0.4 is 5.32 Å². The highest BCUT2D eigenvalue weighted by Gasteiger charge is 2.30. The van der Waals surface area contributed by atoms with Gasteiger partial charge in [0.1, 0.15) is 0 Å². The molecule has 1 heterocycles. The molecule has 1 N–H and O–H groups in total. The molecule has 2 nitrogen and oxygen atoms in total. The van der Waals surface area contributed by atoms with Gasteiger partial charge >= 0.3 is 0 Å². The molecule has 3 heteroatoms. The summed E-state index contributed by atoms with van der Waals surface area (Å²) < 4.78 is 1.17. The van der Waals surface area contributed by atoms with Gasteiger partial charge in [0.05, 0.1) is 0 Å². The Morgan fingerprint density at radius 3 is 2.75 bits per heavy atom. The van der Waals surface area contributed by atoms with Crippen LogP contribution in [0.5, 0.6) is 0 Å². The lowest BCUT2D eigenvalue weighted by molar-refractivity contribution is 0.162. The summed E-state index contributed by atoms with van der Waals surface area (Å²) in [6.07, 6.45) is 1.23. The molecule has 2 atom stereocenters. The number of rotatable bonds is 2. The first-order valence-electron chi connectivity index (χ1n) is 7.61. The maximum Gasteiger partial charge on any atom is 0.0320 e. The van der Waals surface area contributed by atoms with Crippen molar-refractivity contribution < 1.29 is 0 Å². The first-order chi connectivity index (χ1) is 9.38. The molecule has 0 spiro atoms. The summed E-state index contributed by atoms with van der Waals surface area (Å²) in [6.45, 7) is 12.7. The van der Waals surface area contributed by atoms with Crippen LogP contribution in [0.3, 0.4) is 0 Å². The molecule has 1 aromatic rings. The highest BCUT2D eigenvalue weighted by molar-refractivity contribution is 9.10. The molecule has 20 heavy (non-hydrogen) atoms. The van der Waals surface area contributed by atoms with Crippen molar-refractivity contribution in [3.05, 3.63) is 34.3 Å². The third-order valence-corrected chi connectivity index (χ3v) is 4.85. The molecule has 0 amide bonds. The minimum Gasteiger partial charge on any atom is -0.312 e. The quantitative estimate of drug-likeness (QED) is 0.868. The van der Waals surface area contributed by atoms with Crippen LogP contribution in [-0.2, 0) is 0 Å². The number of nitrogens with zero attached hydrogens (tertiary/aromatic N) is 1. The Morgan fingerprint density at radius 1 is 1.35 bits per heavy atom. The molecule has 0 radical (unpaired) electrons. The molecule has 2 rings (SSSR count). The normalized spacial score (nSPS) is 23.4. The van der Waals surface area contributed by atoms with E-state index >= 15 is 0 Å². The highest BCUT2D eigenvalue weighted by Crippen LogP contribution is 2.28. The van der Waals surface area contributed by atoms with E-state index in [1.165, 1.54) is 23.0 Å². The summed E-state index contributed by atoms with van der Waals surface area (Å²) in [5.74, 6) is 0. The van der Waals surface area contributed by atoms with Crippen LogP contribution in [-0.4, -0.2) is 30.6 Å². The zero-order valence-corrected chi connectivity index (χ0v) is 14.7. The second-order valence-electron chi connectivity index (χ2n) is 6.95. The number of benzene rings is 1. The van der Waals surface area contributed by atoms with Gasteiger partial charge in [-0.3, -0.25) is 4.90 Å². The number of hydrogen-bond acceptors (Lipinski definition) is 2. The molecule has 0 saturated carbocycles. The molecule has 2 unspecified atom stereocenters. The van der Waals surface area contributed by atoms with Gasteiger partial charge in [-0.2, -0.15) is 0 Å². The van der Waals surface area contributed by atoms with Crippen molar-refractivity contribution in [3.63, 3.8) is 0 Å². The van der Waals surface area contributed by atoms with E-state index in [0.717, 1.165) is 13.1 Å². The molecule has 0 aromatic heterocycles. The first kappa shape index (κ1) is 16.0. The zero-order valence-electron chi connectivity index (χ0n) is 13.1. The topological polar surface area (TPSA) is 15.3 Å². The zero-order chi connectivity index (χ0) is 14.8.